The average Bonchev–Trinajstić information content (AvgIpc) is 2.46. The van der Waals surface area contributed by atoms with Gasteiger partial charge in [0.1, 0.15) is 0 Å². The quantitative estimate of drug-likeness (QED) is 0.687. The summed E-state index contributed by atoms with van der Waals surface area (Å²) in [5, 5.41) is 18.7. The van der Waals surface area contributed by atoms with Crippen molar-refractivity contribution in [3.05, 3.63) is 59.7 Å². The van der Waals surface area contributed by atoms with Crippen molar-refractivity contribution in [1.29, 1.82) is 0 Å². The molecular weight excluding hydrogens is 289 g/mol. The molecule has 2 aromatic carbocycles. The van der Waals surface area contributed by atoms with Crippen LogP contribution in [0.2, 0.25) is 0 Å². The maximum absolute atomic E-state index is 12.3. The van der Waals surface area contributed by atoms with Gasteiger partial charge in [-0.3, -0.25) is 0 Å². The Morgan fingerprint density at radius 2 is 1.76 bits per heavy atom. The first-order chi connectivity index (χ1) is 9.90. The average molecular weight is 305 g/mol. The zero-order chi connectivity index (χ0) is 15.5. The Kier molecular flexibility index (Phi) is 4.79. The van der Waals surface area contributed by atoms with Gasteiger partial charge in [0, 0.05) is 12.0 Å². The molecule has 7 heteroatoms. The maximum atomic E-state index is 12.3. The highest BCUT2D eigenvalue weighted by Crippen LogP contribution is 2.10. The van der Waals surface area contributed by atoms with Crippen LogP contribution in [0.5, 0.6) is 0 Å². The highest BCUT2D eigenvalue weighted by Gasteiger charge is 2.24. The number of rotatable bonds is 5. The van der Waals surface area contributed by atoms with Crippen LogP contribution in [0.3, 0.4) is 0 Å². The van der Waals surface area contributed by atoms with Gasteiger partial charge in [-0.2, -0.15) is 0 Å². The van der Waals surface area contributed by atoms with Gasteiger partial charge in [-0.05, 0) is 18.6 Å². The molecule has 21 heavy (non-hydrogen) atoms. The normalized spacial score (nSPS) is 11.4. The van der Waals surface area contributed by atoms with E-state index in [0.717, 1.165) is 11.1 Å². The smallest absolute Gasteiger partial charge is 0.423 e. The molecule has 0 aliphatic carbocycles. The molecule has 2 aromatic rings. The molecular formula is C14H16BNO4S. The zero-order valence-corrected chi connectivity index (χ0v) is 12.3. The van der Waals surface area contributed by atoms with Crippen molar-refractivity contribution >= 4 is 22.6 Å². The summed E-state index contributed by atoms with van der Waals surface area (Å²) in [6.45, 7) is 1.89. The molecule has 0 atom stereocenters. The van der Waals surface area contributed by atoms with Crippen LogP contribution in [0.25, 0.3) is 0 Å². The fraction of sp³-hybridized carbons (Fsp3) is 0.143. The van der Waals surface area contributed by atoms with Gasteiger partial charge in [0.15, 0.2) is 0 Å². The van der Waals surface area contributed by atoms with E-state index in [0.29, 0.717) is 0 Å². The van der Waals surface area contributed by atoms with Crippen molar-refractivity contribution in [2.24, 2.45) is 0 Å². The van der Waals surface area contributed by atoms with Gasteiger partial charge in [-0.1, -0.05) is 48.0 Å². The second-order valence-corrected chi connectivity index (χ2v) is 6.46. The first-order valence-corrected chi connectivity index (χ1v) is 7.89. The first kappa shape index (κ1) is 15.7. The molecule has 5 nitrogen and oxygen atoms in total. The van der Waals surface area contributed by atoms with Crippen molar-refractivity contribution in [1.82, 2.24) is 4.72 Å². The molecule has 0 aliphatic heterocycles. The number of nitrogens with one attached hydrogen (secondary N) is 1. The van der Waals surface area contributed by atoms with E-state index in [-0.39, 0.29) is 16.9 Å². The van der Waals surface area contributed by atoms with Crippen molar-refractivity contribution < 1.29 is 18.5 Å². The largest absolute Gasteiger partial charge is 0.489 e. The Labute approximate surface area is 124 Å². The Hall–Kier alpha value is -1.67. The van der Waals surface area contributed by atoms with Gasteiger partial charge in [-0.25, -0.2) is 13.1 Å². The van der Waals surface area contributed by atoms with Crippen molar-refractivity contribution in [3.8, 4) is 0 Å². The summed E-state index contributed by atoms with van der Waals surface area (Å²) in [7, 11) is -5.66. The lowest BCUT2D eigenvalue weighted by Crippen LogP contribution is -2.37. The molecule has 0 unspecified atom stereocenters. The molecule has 110 valence electrons. The number of sulfonamides is 1. The van der Waals surface area contributed by atoms with Crippen LogP contribution in [0.4, 0.5) is 0 Å². The Morgan fingerprint density at radius 1 is 1.10 bits per heavy atom. The van der Waals surface area contributed by atoms with E-state index in [1.54, 1.807) is 25.1 Å². The number of benzene rings is 2. The van der Waals surface area contributed by atoms with Gasteiger partial charge >= 0.3 is 7.12 Å². The monoisotopic (exact) mass is 305 g/mol. The lowest BCUT2D eigenvalue weighted by molar-refractivity contribution is 0.424. The molecule has 0 radical (unpaired) electrons. The Balaban J connectivity index is 2.28. The molecule has 0 aliphatic rings. The van der Waals surface area contributed by atoms with Crippen LogP contribution in [0.1, 0.15) is 11.1 Å². The summed E-state index contributed by atoms with van der Waals surface area (Å²) < 4.78 is 27.1. The van der Waals surface area contributed by atoms with Crippen LogP contribution in [-0.4, -0.2) is 25.6 Å². The molecule has 0 saturated heterocycles. The third-order valence-corrected chi connectivity index (χ3v) is 4.52. The van der Waals surface area contributed by atoms with Gasteiger partial charge < -0.3 is 10.0 Å². The lowest BCUT2D eigenvalue weighted by Gasteiger charge is -2.12. The van der Waals surface area contributed by atoms with E-state index in [1.165, 1.54) is 12.1 Å². The van der Waals surface area contributed by atoms with Crippen LogP contribution in [0, 0.1) is 6.92 Å². The predicted molar refractivity (Wildman–Crippen MR) is 81.5 cm³/mol. The molecule has 3 N–H and O–H groups in total. The first-order valence-electron chi connectivity index (χ1n) is 6.40. The van der Waals surface area contributed by atoms with E-state index in [9.17, 15) is 18.5 Å². The molecule has 0 aromatic heterocycles. The third kappa shape index (κ3) is 3.92. The van der Waals surface area contributed by atoms with Crippen molar-refractivity contribution in [3.63, 3.8) is 0 Å². The van der Waals surface area contributed by atoms with Crippen LogP contribution >= 0.6 is 0 Å². The summed E-state index contributed by atoms with van der Waals surface area (Å²) in [6, 6.07) is 13.5. The fourth-order valence-electron chi connectivity index (χ4n) is 1.97. The molecule has 0 bridgehead atoms. The number of hydrogen-bond acceptors (Lipinski definition) is 4. The van der Waals surface area contributed by atoms with E-state index in [1.807, 2.05) is 18.2 Å². The number of aryl methyl sites for hydroxylation is 1. The Morgan fingerprint density at radius 3 is 2.38 bits per heavy atom. The minimum atomic E-state index is -3.82. The minimum absolute atomic E-state index is 0.0319. The summed E-state index contributed by atoms with van der Waals surface area (Å²) >= 11 is 0. The molecule has 0 fully saturated rings. The third-order valence-electron chi connectivity index (χ3n) is 3.04. The minimum Gasteiger partial charge on any atom is -0.423 e. The van der Waals surface area contributed by atoms with E-state index in [4.69, 9.17) is 0 Å². The molecule has 0 saturated carbocycles. The van der Waals surface area contributed by atoms with Gasteiger partial charge in [0.05, 0.1) is 4.90 Å². The zero-order valence-electron chi connectivity index (χ0n) is 11.5. The fourth-order valence-corrected chi connectivity index (χ4v) is 3.20. The van der Waals surface area contributed by atoms with E-state index in [2.05, 4.69) is 4.72 Å². The SMILES string of the molecule is Cc1ccc(S(=O)(=O)NCc2ccccc2)c(B(O)O)c1. The molecule has 0 amide bonds. The Bertz CT molecular complexity index is 717. The highest BCUT2D eigenvalue weighted by molar-refractivity contribution is 7.89. The standard InChI is InChI=1S/C14H16BNO4S/c1-11-7-8-14(13(9-11)15(17)18)21(19,20)16-10-12-5-3-2-4-6-12/h2-9,16-18H,10H2,1H3. The number of hydrogen-bond donors (Lipinski definition) is 3. The van der Waals surface area contributed by atoms with Gasteiger partial charge in [0.2, 0.25) is 10.0 Å². The van der Waals surface area contributed by atoms with Crippen LogP contribution in [-0.2, 0) is 16.6 Å². The van der Waals surface area contributed by atoms with Crippen LogP contribution in [0.15, 0.2) is 53.4 Å². The second kappa shape index (κ2) is 6.40. The van der Waals surface area contributed by atoms with Gasteiger partial charge in [-0.15, -0.1) is 0 Å². The van der Waals surface area contributed by atoms with Crippen molar-refractivity contribution in [2.45, 2.75) is 18.4 Å². The second-order valence-electron chi connectivity index (χ2n) is 4.73. The van der Waals surface area contributed by atoms with Crippen molar-refractivity contribution in [2.75, 3.05) is 0 Å². The topological polar surface area (TPSA) is 86.6 Å². The lowest BCUT2D eigenvalue weighted by atomic mass is 9.79. The molecule has 2 rings (SSSR count). The molecule has 0 spiro atoms. The van der Waals surface area contributed by atoms with Gasteiger partial charge in [0.25, 0.3) is 0 Å². The summed E-state index contributed by atoms with van der Waals surface area (Å²) in [5.74, 6) is 0. The van der Waals surface area contributed by atoms with Crippen LogP contribution < -0.4 is 10.2 Å². The summed E-state index contributed by atoms with van der Waals surface area (Å²) in [4.78, 5) is -0.126. The van der Waals surface area contributed by atoms with E-state index >= 15 is 0 Å². The summed E-state index contributed by atoms with van der Waals surface area (Å²) in [6.07, 6.45) is 0. The van der Waals surface area contributed by atoms with E-state index < -0.39 is 17.1 Å². The highest BCUT2D eigenvalue weighted by atomic mass is 32.2. The molecule has 0 heterocycles. The predicted octanol–water partition coefficient (Wildman–Crippen LogP) is 0.153. The maximum Gasteiger partial charge on any atom is 0.489 e. The summed E-state index contributed by atoms with van der Waals surface area (Å²) in [5.41, 5.74) is 1.54.